The van der Waals surface area contributed by atoms with E-state index >= 15 is 0 Å². The number of hydrogen-bond donors (Lipinski definition) is 2. The Balaban J connectivity index is 2.18. The van der Waals surface area contributed by atoms with E-state index in [4.69, 9.17) is 5.73 Å². The number of nitrogens with zero attached hydrogens (tertiary/aromatic N) is 3. The van der Waals surface area contributed by atoms with E-state index in [-0.39, 0.29) is 12.1 Å². The first-order chi connectivity index (χ1) is 8.22. The summed E-state index contributed by atoms with van der Waals surface area (Å²) < 4.78 is 1.74. The molecule has 0 spiro atoms. The summed E-state index contributed by atoms with van der Waals surface area (Å²) in [6, 6.07) is 0.00982. The average molecular weight is 238 g/mol. The third kappa shape index (κ3) is 2.77. The second-order valence-corrected chi connectivity index (χ2v) is 4.85. The van der Waals surface area contributed by atoms with E-state index in [1.54, 1.807) is 4.68 Å². The van der Waals surface area contributed by atoms with Crippen LogP contribution in [-0.4, -0.2) is 26.0 Å². The lowest BCUT2D eigenvalue weighted by Crippen LogP contribution is -2.25. The molecular formula is C12H22N4O. The SMILES string of the molecule is CCCc1nc(N)n(C2CCCCCC2O)n1. The quantitative estimate of drug-likeness (QED) is 0.785. The van der Waals surface area contributed by atoms with Crippen LogP contribution >= 0.6 is 0 Å². The van der Waals surface area contributed by atoms with Gasteiger partial charge in [-0.05, 0) is 19.3 Å². The van der Waals surface area contributed by atoms with Crippen LogP contribution in [0.15, 0.2) is 0 Å². The second kappa shape index (κ2) is 5.49. The van der Waals surface area contributed by atoms with E-state index in [9.17, 15) is 5.11 Å². The molecule has 5 heteroatoms. The molecule has 5 nitrogen and oxygen atoms in total. The van der Waals surface area contributed by atoms with Crippen molar-refractivity contribution in [1.29, 1.82) is 0 Å². The zero-order valence-corrected chi connectivity index (χ0v) is 10.5. The van der Waals surface area contributed by atoms with Crippen molar-refractivity contribution >= 4 is 5.95 Å². The topological polar surface area (TPSA) is 77.0 Å². The molecule has 0 bridgehead atoms. The van der Waals surface area contributed by atoms with Crippen LogP contribution in [0.4, 0.5) is 5.95 Å². The van der Waals surface area contributed by atoms with Crippen molar-refractivity contribution in [3.63, 3.8) is 0 Å². The first-order valence-electron chi connectivity index (χ1n) is 6.61. The molecule has 3 N–H and O–H groups in total. The van der Waals surface area contributed by atoms with Crippen molar-refractivity contribution in [1.82, 2.24) is 14.8 Å². The zero-order chi connectivity index (χ0) is 12.3. The molecular weight excluding hydrogens is 216 g/mol. The molecule has 0 radical (unpaired) electrons. The lowest BCUT2D eigenvalue weighted by molar-refractivity contribution is 0.0999. The maximum Gasteiger partial charge on any atom is 0.219 e. The fourth-order valence-electron chi connectivity index (χ4n) is 2.51. The van der Waals surface area contributed by atoms with Gasteiger partial charge < -0.3 is 10.8 Å². The smallest absolute Gasteiger partial charge is 0.219 e. The van der Waals surface area contributed by atoms with Crippen LogP contribution < -0.4 is 5.73 Å². The first kappa shape index (κ1) is 12.4. The maximum atomic E-state index is 10.1. The molecule has 0 amide bonds. The van der Waals surface area contributed by atoms with E-state index in [2.05, 4.69) is 17.0 Å². The third-order valence-electron chi connectivity index (χ3n) is 3.43. The summed E-state index contributed by atoms with van der Waals surface area (Å²) in [7, 11) is 0. The van der Waals surface area contributed by atoms with Gasteiger partial charge in [0, 0.05) is 6.42 Å². The van der Waals surface area contributed by atoms with Gasteiger partial charge in [0.05, 0.1) is 12.1 Å². The molecule has 0 aliphatic heterocycles. The number of aryl methyl sites for hydroxylation is 1. The van der Waals surface area contributed by atoms with Crippen LogP contribution in [0.3, 0.4) is 0 Å². The van der Waals surface area contributed by atoms with Crippen LogP contribution in [0.1, 0.15) is 57.3 Å². The second-order valence-electron chi connectivity index (χ2n) is 4.85. The van der Waals surface area contributed by atoms with Crippen LogP contribution in [0.2, 0.25) is 0 Å². The zero-order valence-electron chi connectivity index (χ0n) is 10.5. The highest BCUT2D eigenvalue weighted by atomic mass is 16.3. The number of aliphatic hydroxyl groups excluding tert-OH is 1. The van der Waals surface area contributed by atoms with Crippen molar-refractivity contribution in [2.75, 3.05) is 5.73 Å². The molecule has 0 aromatic carbocycles. The molecule has 17 heavy (non-hydrogen) atoms. The van der Waals surface area contributed by atoms with Gasteiger partial charge in [0.15, 0.2) is 5.82 Å². The molecule has 1 aliphatic carbocycles. The van der Waals surface area contributed by atoms with Crippen molar-refractivity contribution in [2.24, 2.45) is 0 Å². The summed E-state index contributed by atoms with van der Waals surface area (Å²) in [4.78, 5) is 4.26. The Hall–Kier alpha value is -1.10. The van der Waals surface area contributed by atoms with Gasteiger partial charge in [-0.2, -0.15) is 10.1 Å². The lowest BCUT2D eigenvalue weighted by atomic mass is 10.1. The van der Waals surface area contributed by atoms with Gasteiger partial charge in [0.25, 0.3) is 0 Å². The Morgan fingerprint density at radius 2 is 2.12 bits per heavy atom. The standard InChI is InChI=1S/C12H22N4O/c1-2-6-11-14-12(13)16(15-11)9-7-4-3-5-8-10(9)17/h9-10,17H,2-8H2,1H3,(H2,13,14,15). The minimum Gasteiger partial charge on any atom is -0.391 e. The molecule has 96 valence electrons. The normalized spacial score (nSPS) is 25.8. The monoisotopic (exact) mass is 238 g/mol. The maximum absolute atomic E-state index is 10.1. The Morgan fingerprint density at radius 3 is 2.88 bits per heavy atom. The lowest BCUT2D eigenvalue weighted by Gasteiger charge is -2.20. The largest absolute Gasteiger partial charge is 0.391 e. The molecule has 0 saturated heterocycles. The predicted octanol–water partition coefficient (Wildman–Crippen LogP) is 1.68. The highest BCUT2D eigenvalue weighted by molar-refractivity contribution is 5.17. The van der Waals surface area contributed by atoms with Crippen LogP contribution in [0.25, 0.3) is 0 Å². The number of aliphatic hydroxyl groups is 1. The van der Waals surface area contributed by atoms with E-state index in [0.29, 0.717) is 5.95 Å². The van der Waals surface area contributed by atoms with Gasteiger partial charge >= 0.3 is 0 Å². The summed E-state index contributed by atoms with van der Waals surface area (Å²) in [6.07, 6.45) is 6.71. The minimum atomic E-state index is -0.337. The van der Waals surface area contributed by atoms with Crippen LogP contribution in [0.5, 0.6) is 0 Å². The van der Waals surface area contributed by atoms with Gasteiger partial charge in [0.2, 0.25) is 5.95 Å². The Kier molecular flexibility index (Phi) is 3.99. The predicted molar refractivity (Wildman–Crippen MR) is 66.6 cm³/mol. The molecule has 1 aromatic heterocycles. The molecule has 1 saturated carbocycles. The van der Waals surface area contributed by atoms with Crippen LogP contribution in [0, 0.1) is 0 Å². The van der Waals surface area contributed by atoms with E-state index in [1.165, 1.54) is 6.42 Å². The summed E-state index contributed by atoms with van der Waals surface area (Å²) in [5, 5.41) is 14.6. The number of aromatic nitrogens is 3. The third-order valence-corrected chi connectivity index (χ3v) is 3.43. The number of hydrogen-bond acceptors (Lipinski definition) is 4. The molecule has 2 atom stereocenters. The summed E-state index contributed by atoms with van der Waals surface area (Å²) in [5.41, 5.74) is 5.89. The highest BCUT2D eigenvalue weighted by Gasteiger charge is 2.26. The van der Waals surface area contributed by atoms with Crippen LogP contribution in [-0.2, 0) is 6.42 Å². The molecule has 1 fully saturated rings. The summed E-state index contributed by atoms with van der Waals surface area (Å²) >= 11 is 0. The Morgan fingerprint density at radius 1 is 1.35 bits per heavy atom. The van der Waals surface area contributed by atoms with Gasteiger partial charge in [-0.15, -0.1) is 0 Å². The van der Waals surface area contributed by atoms with Gasteiger partial charge in [0.1, 0.15) is 0 Å². The highest BCUT2D eigenvalue weighted by Crippen LogP contribution is 2.28. The Labute approximate surface area is 102 Å². The molecule has 1 aromatic rings. The van der Waals surface area contributed by atoms with Crippen molar-refractivity contribution in [2.45, 2.75) is 64.0 Å². The number of rotatable bonds is 3. The molecule has 2 unspecified atom stereocenters. The summed E-state index contributed by atoms with van der Waals surface area (Å²) in [6.45, 7) is 2.09. The fraction of sp³-hybridized carbons (Fsp3) is 0.833. The number of anilines is 1. The molecule has 2 rings (SSSR count). The van der Waals surface area contributed by atoms with E-state index in [0.717, 1.165) is 44.3 Å². The Bertz CT molecular complexity index is 363. The van der Waals surface area contributed by atoms with Gasteiger partial charge in [-0.1, -0.05) is 26.2 Å². The first-order valence-corrected chi connectivity index (χ1v) is 6.61. The minimum absolute atomic E-state index is 0.00982. The average Bonchev–Trinajstić information content (AvgIpc) is 2.52. The number of nitrogens with two attached hydrogens (primary N) is 1. The van der Waals surface area contributed by atoms with Gasteiger partial charge in [-0.25, -0.2) is 4.68 Å². The van der Waals surface area contributed by atoms with Gasteiger partial charge in [-0.3, -0.25) is 0 Å². The van der Waals surface area contributed by atoms with Crippen molar-refractivity contribution in [3.8, 4) is 0 Å². The van der Waals surface area contributed by atoms with Crippen molar-refractivity contribution < 1.29 is 5.11 Å². The number of nitrogen functional groups attached to an aromatic ring is 1. The fourth-order valence-corrected chi connectivity index (χ4v) is 2.51. The van der Waals surface area contributed by atoms with Crippen molar-refractivity contribution in [3.05, 3.63) is 5.82 Å². The molecule has 1 aliphatic rings. The van der Waals surface area contributed by atoms with E-state index in [1.807, 2.05) is 0 Å². The van der Waals surface area contributed by atoms with E-state index < -0.39 is 0 Å². The summed E-state index contributed by atoms with van der Waals surface area (Å²) in [5.74, 6) is 1.24. The molecule has 1 heterocycles.